The van der Waals surface area contributed by atoms with Crippen molar-refractivity contribution in [3.63, 3.8) is 0 Å². The quantitative estimate of drug-likeness (QED) is 0.756. The summed E-state index contributed by atoms with van der Waals surface area (Å²) in [5.41, 5.74) is 0.157. The molecular weight excluding hydrogens is 287 g/mol. The number of amides is 2. The van der Waals surface area contributed by atoms with E-state index in [-0.39, 0.29) is 17.2 Å². The maximum absolute atomic E-state index is 12.9. The number of halogens is 1. The molecule has 108 valence electrons. The van der Waals surface area contributed by atoms with Crippen molar-refractivity contribution in [3.05, 3.63) is 30.1 Å². The van der Waals surface area contributed by atoms with Crippen molar-refractivity contribution in [1.29, 1.82) is 0 Å². The minimum atomic E-state index is -3.13. The Morgan fingerprint density at radius 1 is 1.25 bits per heavy atom. The molecule has 2 rings (SSSR count). The molecule has 1 aliphatic rings. The molecule has 1 heterocycles. The minimum Gasteiger partial charge on any atom is -0.344 e. The molecule has 2 N–H and O–H groups in total. The zero-order valence-electron chi connectivity index (χ0n) is 10.4. The Bertz CT molecular complexity index is 645. The first-order chi connectivity index (χ1) is 9.35. The second kappa shape index (κ2) is 5.58. The summed E-state index contributed by atoms with van der Waals surface area (Å²) in [5.74, 6) is -2.59. The Hall–Kier alpha value is -1.96. The average Bonchev–Trinajstić information content (AvgIpc) is 2.68. The first kappa shape index (κ1) is 14.4. The molecule has 1 aromatic rings. The summed E-state index contributed by atoms with van der Waals surface area (Å²) in [5, 5.41) is 4.58. The van der Waals surface area contributed by atoms with Crippen LogP contribution in [0.2, 0.25) is 0 Å². The molecular formula is C12H13FN2O4S. The van der Waals surface area contributed by atoms with Gasteiger partial charge in [-0.05, 0) is 24.6 Å². The van der Waals surface area contributed by atoms with Crippen LogP contribution in [-0.4, -0.2) is 37.8 Å². The summed E-state index contributed by atoms with van der Waals surface area (Å²) in [6.07, 6.45) is 0.293. The first-order valence-corrected chi connectivity index (χ1v) is 7.76. The Kier molecular flexibility index (Phi) is 4.03. The lowest BCUT2D eigenvalue weighted by molar-refractivity contribution is -0.136. The van der Waals surface area contributed by atoms with Crippen LogP contribution in [0.15, 0.2) is 24.3 Å². The molecule has 0 aliphatic carbocycles. The number of sulfone groups is 1. The molecule has 2 amide bonds. The molecule has 1 aliphatic heterocycles. The third-order valence-electron chi connectivity index (χ3n) is 2.86. The average molecular weight is 300 g/mol. The summed E-state index contributed by atoms with van der Waals surface area (Å²) in [6.45, 7) is 0. The normalized spacial score (nSPS) is 20.4. The predicted octanol–water partition coefficient (Wildman–Crippen LogP) is 0.0675. The molecule has 1 atom stereocenters. The van der Waals surface area contributed by atoms with E-state index in [9.17, 15) is 22.4 Å². The van der Waals surface area contributed by atoms with E-state index in [1.54, 1.807) is 0 Å². The van der Waals surface area contributed by atoms with Gasteiger partial charge in [0.05, 0.1) is 11.5 Å². The number of carbonyl (C=O) groups excluding carboxylic acids is 2. The molecule has 1 fully saturated rings. The van der Waals surface area contributed by atoms with Crippen LogP contribution < -0.4 is 10.6 Å². The smallest absolute Gasteiger partial charge is 0.313 e. The number of rotatable bonds is 2. The van der Waals surface area contributed by atoms with Gasteiger partial charge in [-0.2, -0.15) is 0 Å². The highest BCUT2D eigenvalue weighted by Crippen LogP contribution is 2.12. The largest absolute Gasteiger partial charge is 0.344 e. The molecule has 0 spiro atoms. The third kappa shape index (κ3) is 3.77. The number of carbonyl (C=O) groups is 2. The predicted molar refractivity (Wildman–Crippen MR) is 70.2 cm³/mol. The lowest BCUT2D eigenvalue weighted by atomic mass is 10.2. The van der Waals surface area contributed by atoms with Crippen molar-refractivity contribution in [3.8, 4) is 0 Å². The summed E-state index contributed by atoms with van der Waals surface area (Å²) in [7, 11) is -3.13. The second-order valence-corrected chi connectivity index (χ2v) is 6.77. The van der Waals surface area contributed by atoms with E-state index in [1.807, 2.05) is 0 Å². The molecule has 8 heteroatoms. The van der Waals surface area contributed by atoms with Gasteiger partial charge in [0.2, 0.25) is 0 Å². The summed E-state index contributed by atoms with van der Waals surface area (Å²) >= 11 is 0. The standard InChI is InChI=1S/C12H13FN2O4S/c13-8-2-1-3-9(6-8)14-11(16)12(17)15-10-4-5-20(18,19)7-10/h1-3,6,10H,4-5,7H2,(H,14,16)(H,15,17). The molecule has 1 aromatic carbocycles. The zero-order chi connectivity index (χ0) is 14.8. The van der Waals surface area contributed by atoms with E-state index in [2.05, 4.69) is 10.6 Å². The zero-order valence-corrected chi connectivity index (χ0v) is 11.2. The van der Waals surface area contributed by atoms with Crippen molar-refractivity contribution in [2.75, 3.05) is 16.8 Å². The minimum absolute atomic E-state index is 0.00343. The summed E-state index contributed by atoms with van der Waals surface area (Å²) in [6, 6.07) is 4.57. The highest BCUT2D eigenvalue weighted by atomic mass is 32.2. The Morgan fingerprint density at radius 2 is 2.00 bits per heavy atom. The fourth-order valence-electron chi connectivity index (χ4n) is 1.91. The number of hydrogen-bond acceptors (Lipinski definition) is 4. The van der Waals surface area contributed by atoms with Crippen molar-refractivity contribution >= 4 is 27.3 Å². The van der Waals surface area contributed by atoms with Gasteiger partial charge >= 0.3 is 11.8 Å². The number of benzene rings is 1. The van der Waals surface area contributed by atoms with Crippen molar-refractivity contribution < 1.29 is 22.4 Å². The first-order valence-electron chi connectivity index (χ1n) is 5.93. The van der Waals surface area contributed by atoms with Gasteiger partial charge in [0.25, 0.3) is 0 Å². The van der Waals surface area contributed by atoms with E-state index in [0.717, 1.165) is 6.07 Å². The van der Waals surface area contributed by atoms with E-state index < -0.39 is 33.5 Å². The van der Waals surface area contributed by atoms with Crippen LogP contribution in [0, 0.1) is 5.82 Å². The lowest BCUT2D eigenvalue weighted by Crippen LogP contribution is -2.42. The Morgan fingerprint density at radius 3 is 2.60 bits per heavy atom. The van der Waals surface area contributed by atoms with Crippen LogP contribution in [0.5, 0.6) is 0 Å². The molecule has 0 radical (unpaired) electrons. The Labute approximate surface area is 115 Å². The number of hydrogen-bond donors (Lipinski definition) is 2. The number of anilines is 1. The van der Waals surface area contributed by atoms with Gasteiger partial charge in [0, 0.05) is 11.7 Å². The third-order valence-corrected chi connectivity index (χ3v) is 4.62. The van der Waals surface area contributed by atoms with Gasteiger partial charge in [0.15, 0.2) is 9.84 Å². The molecule has 1 unspecified atom stereocenters. The van der Waals surface area contributed by atoms with Gasteiger partial charge in [0.1, 0.15) is 5.82 Å². The maximum Gasteiger partial charge on any atom is 0.313 e. The van der Waals surface area contributed by atoms with Crippen molar-refractivity contribution in [2.24, 2.45) is 0 Å². The van der Waals surface area contributed by atoms with Gasteiger partial charge < -0.3 is 10.6 Å². The fourth-order valence-corrected chi connectivity index (χ4v) is 3.59. The molecule has 0 saturated carbocycles. The molecule has 1 saturated heterocycles. The molecule has 20 heavy (non-hydrogen) atoms. The van der Waals surface area contributed by atoms with Gasteiger partial charge in [-0.15, -0.1) is 0 Å². The highest BCUT2D eigenvalue weighted by molar-refractivity contribution is 7.91. The summed E-state index contributed by atoms with van der Waals surface area (Å²) < 4.78 is 35.4. The van der Waals surface area contributed by atoms with Gasteiger partial charge in [-0.25, -0.2) is 12.8 Å². The van der Waals surface area contributed by atoms with Crippen LogP contribution in [-0.2, 0) is 19.4 Å². The van der Waals surface area contributed by atoms with Gasteiger partial charge in [-0.3, -0.25) is 9.59 Å². The van der Waals surface area contributed by atoms with E-state index >= 15 is 0 Å². The fraction of sp³-hybridized carbons (Fsp3) is 0.333. The molecule has 0 aromatic heterocycles. The van der Waals surface area contributed by atoms with Crippen LogP contribution >= 0.6 is 0 Å². The van der Waals surface area contributed by atoms with Crippen molar-refractivity contribution in [2.45, 2.75) is 12.5 Å². The SMILES string of the molecule is O=C(Nc1cccc(F)c1)C(=O)NC1CCS(=O)(=O)C1. The van der Waals surface area contributed by atoms with Crippen LogP contribution in [0.3, 0.4) is 0 Å². The maximum atomic E-state index is 12.9. The monoisotopic (exact) mass is 300 g/mol. The lowest BCUT2D eigenvalue weighted by Gasteiger charge is -2.10. The summed E-state index contributed by atoms with van der Waals surface area (Å²) in [4.78, 5) is 23.2. The highest BCUT2D eigenvalue weighted by Gasteiger charge is 2.30. The van der Waals surface area contributed by atoms with E-state index in [0.29, 0.717) is 6.42 Å². The van der Waals surface area contributed by atoms with Crippen LogP contribution in [0.25, 0.3) is 0 Å². The molecule has 6 nitrogen and oxygen atoms in total. The Balaban J connectivity index is 1.91. The van der Waals surface area contributed by atoms with E-state index in [4.69, 9.17) is 0 Å². The van der Waals surface area contributed by atoms with E-state index in [1.165, 1.54) is 18.2 Å². The molecule has 0 bridgehead atoms. The van der Waals surface area contributed by atoms with Crippen LogP contribution in [0.1, 0.15) is 6.42 Å². The van der Waals surface area contributed by atoms with Crippen molar-refractivity contribution in [1.82, 2.24) is 5.32 Å². The topological polar surface area (TPSA) is 92.3 Å². The van der Waals surface area contributed by atoms with Crippen LogP contribution in [0.4, 0.5) is 10.1 Å². The van der Waals surface area contributed by atoms with Gasteiger partial charge in [-0.1, -0.05) is 6.07 Å². The second-order valence-electron chi connectivity index (χ2n) is 4.54. The number of nitrogens with one attached hydrogen (secondary N) is 2.